The van der Waals surface area contributed by atoms with E-state index in [0.717, 1.165) is 19.4 Å². The number of ether oxygens (including phenoxy) is 1. The first-order valence-corrected chi connectivity index (χ1v) is 8.31. The number of benzene rings is 1. The fourth-order valence-electron chi connectivity index (χ4n) is 4.31. The minimum atomic E-state index is 0.149. The molecule has 1 saturated heterocycles. The highest BCUT2D eigenvalue weighted by atomic mass is 16.5. The molecule has 1 aromatic carbocycles. The first kappa shape index (κ1) is 15.0. The molecule has 2 atom stereocenters. The summed E-state index contributed by atoms with van der Waals surface area (Å²) in [5, 5.41) is 0. The molecule has 1 aliphatic heterocycles. The molecule has 1 aromatic rings. The van der Waals surface area contributed by atoms with Crippen molar-refractivity contribution in [1.29, 1.82) is 0 Å². The average molecular weight is 288 g/mol. The van der Waals surface area contributed by atoms with E-state index in [1.54, 1.807) is 0 Å². The van der Waals surface area contributed by atoms with Gasteiger partial charge in [0.2, 0.25) is 0 Å². The van der Waals surface area contributed by atoms with Gasteiger partial charge < -0.3 is 4.74 Å². The fourth-order valence-corrected chi connectivity index (χ4v) is 4.31. The van der Waals surface area contributed by atoms with Gasteiger partial charge in [0.15, 0.2) is 0 Å². The second kappa shape index (κ2) is 6.07. The third-order valence-corrected chi connectivity index (χ3v) is 5.68. The smallest absolute Gasteiger partial charge is 0.0686 e. The minimum Gasteiger partial charge on any atom is -0.375 e. The maximum atomic E-state index is 6.17. The quantitative estimate of drug-likeness (QED) is 0.660. The van der Waals surface area contributed by atoms with Gasteiger partial charge in [0, 0.05) is 12.6 Å². The van der Waals surface area contributed by atoms with Crippen molar-refractivity contribution < 1.29 is 4.74 Å². The van der Waals surface area contributed by atoms with Crippen LogP contribution >= 0.6 is 0 Å². The SMILES string of the molecule is Cc1cccc(C(NN)C2CCOC3(CCCC3)C2)c1C. The zero-order valence-corrected chi connectivity index (χ0v) is 13.3. The fraction of sp³-hybridized carbons (Fsp3) is 0.667. The molecule has 0 aromatic heterocycles. The van der Waals surface area contributed by atoms with Gasteiger partial charge >= 0.3 is 0 Å². The van der Waals surface area contributed by atoms with E-state index < -0.39 is 0 Å². The first-order valence-electron chi connectivity index (χ1n) is 8.31. The molecule has 0 radical (unpaired) electrons. The maximum Gasteiger partial charge on any atom is 0.0686 e. The summed E-state index contributed by atoms with van der Waals surface area (Å²) in [5.74, 6) is 6.52. The second-order valence-electron chi connectivity index (χ2n) is 6.92. The van der Waals surface area contributed by atoms with Gasteiger partial charge in [-0.1, -0.05) is 31.0 Å². The first-order chi connectivity index (χ1) is 10.2. The standard InChI is InChI=1S/C18H28N2O/c1-13-6-5-7-16(14(13)2)17(20-19)15-8-11-21-18(12-15)9-3-4-10-18/h5-7,15,17,20H,3-4,8-12,19H2,1-2H3. The molecule has 2 aliphatic rings. The Hall–Kier alpha value is -0.900. The van der Waals surface area contributed by atoms with Gasteiger partial charge in [0.1, 0.15) is 0 Å². The predicted molar refractivity (Wildman–Crippen MR) is 85.9 cm³/mol. The Labute approximate surface area is 128 Å². The highest BCUT2D eigenvalue weighted by Gasteiger charge is 2.42. The Balaban J connectivity index is 1.84. The summed E-state index contributed by atoms with van der Waals surface area (Å²) in [4.78, 5) is 0. The molecule has 1 aliphatic carbocycles. The Morgan fingerprint density at radius 3 is 2.76 bits per heavy atom. The van der Waals surface area contributed by atoms with Gasteiger partial charge in [0.05, 0.1) is 5.60 Å². The summed E-state index contributed by atoms with van der Waals surface area (Å²) >= 11 is 0. The van der Waals surface area contributed by atoms with Gasteiger partial charge in [-0.2, -0.15) is 0 Å². The molecule has 0 amide bonds. The molecular formula is C18H28N2O. The number of nitrogens with one attached hydrogen (secondary N) is 1. The largest absolute Gasteiger partial charge is 0.375 e. The molecule has 1 spiro atoms. The van der Waals surface area contributed by atoms with Crippen molar-refractivity contribution in [2.24, 2.45) is 11.8 Å². The molecule has 3 heteroatoms. The van der Waals surface area contributed by atoms with Crippen LogP contribution in [0, 0.1) is 19.8 Å². The van der Waals surface area contributed by atoms with Crippen molar-refractivity contribution >= 4 is 0 Å². The van der Waals surface area contributed by atoms with Crippen LogP contribution in [0.4, 0.5) is 0 Å². The average Bonchev–Trinajstić information content (AvgIpc) is 2.92. The van der Waals surface area contributed by atoms with Gasteiger partial charge in [-0.15, -0.1) is 0 Å². The summed E-state index contributed by atoms with van der Waals surface area (Å²) in [6.45, 7) is 5.27. The normalized spacial score (nSPS) is 26.1. The minimum absolute atomic E-state index is 0.149. The lowest BCUT2D eigenvalue weighted by molar-refractivity contribution is -0.0982. The number of hydrazine groups is 1. The van der Waals surface area contributed by atoms with Gasteiger partial charge in [0.25, 0.3) is 0 Å². The van der Waals surface area contributed by atoms with Crippen LogP contribution in [0.3, 0.4) is 0 Å². The lowest BCUT2D eigenvalue weighted by Gasteiger charge is -2.41. The zero-order chi connectivity index (χ0) is 14.9. The van der Waals surface area contributed by atoms with E-state index in [-0.39, 0.29) is 11.6 Å². The Morgan fingerprint density at radius 1 is 1.29 bits per heavy atom. The summed E-state index contributed by atoms with van der Waals surface area (Å²) in [5.41, 5.74) is 7.33. The number of hydrogen-bond acceptors (Lipinski definition) is 3. The third kappa shape index (κ3) is 2.87. The molecule has 3 nitrogen and oxygen atoms in total. The maximum absolute atomic E-state index is 6.17. The van der Waals surface area contributed by atoms with Crippen LogP contribution in [-0.2, 0) is 4.74 Å². The molecule has 1 saturated carbocycles. The van der Waals surface area contributed by atoms with E-state index in [4.69, 9.17) is 10.6 Å². The van der Waals surface area contributed by atoms with E-state index in [9.17, 15) is 0 Å². The molecule has 2 fully saturated rings. The molecule has 3 N–H and O–H groups in total. The highest BCUT2D eigenvalue weighted by molar-refractivity contribution is 5.35. The van der Waals surface area contributed by atoms with Crippen molar-refractivity contribution in [3.8, 4) is 0 Å². The summed E-state index contributed by atoms with van der Waals surface area (Å²) in [6, 6.07) is 6.79. The van der Waals surface area contributed by atoms with E-state index in [1.165, 1.54) is 42.4 Å². The van der Waals surface area contributed by atoms with Gasteiger partial charge in [-0.3, -0.25) is 11.3 Å². The number of rotatable bonds is 3. The molecule has 0 bridgehead atoms. The Kier molecular flexibility index (Phi) is 4.34. The summed E-state index contributed by atoms with van der Waals surface area (Å²) in [7, 11) is 0. The summed E-state index contributed by atoms with van der Waals surface area (Å²) in [6.07, 6.45) is 7.34. The van der Waals surface area contributed by atoms with E-state index in [1.807, 2.05) is 0 Å². The van der Waals surface area contributed by atoms with Crippen molar-refractivity contribution in [3.05, 3.63) is 34.9 Å². The second-order valence-corrected chi connectivity index (χ2v) is 6.92. The van der Waals surface area contributed by atoms with Crippen LogP contribution in [0.5, 0.6) is 0 Å². The van der Waals surface area contributed by atoms with E-state index in [2.05, 4.69) is 37.5 Å². The van der Waals surface area contributed by atoms with Crippen LogP contribution in [0.1, 0.15) is 61.3 Å². The summed E-state index contributed by atoms with van der Waals surface area (Å²) < 4.78 is 6.17. The van der Waals surface area contributed by atoms with Crippen molar-refractivity contribution in [2.45, 2.75) is 64.0 Å². The molecule has 2 unspecified atom stereocenters. The lowest BCUT2D eigenvalue weighted by Crippen LogP contribution is -2.43. The molecular weight excluding hydrogens is 260 g/mol. The number of aryl methyl sites for hydroxylation is 1. The lowest BCUT2D eigenvalue weighted by atomic mass is 9.77. The topological polar surface area (TPSA) is 47.3 Å². The van der Waals surface area contributed by atoms with Crippen molar-refractivity contribution in [1.82, 2.24) is 5.43 Å². The van der Waals surface area contributed by atoms with Gasteiger partial charge in [-0.25, -0.2) is 0 Å². The van der Waals surface area contributed by atoms with Gasteiger partial charge in [-0.05, 0) is 62.1 Å². The number of hydrogen-bond donors (Lipinski definition) is 2. The molecule has 116 valence electrons. The molecule has 21 heavy (non-hydrogen) atoms. The number of nitrogens with two attached hydrogens (primary N) is 1. The van der Waals surface area contributed by atoms with E-state index >= 15 is 0 Å². The van der Waals surface area contributed by atoms with Crippen molar-refractivity contribution in [3.63, 3.8) is 0 Å². The molecule has 3 rings (SSSR count). The highest BCUT2D eigenvalue weighted by Crippen LogP contribution is 2.45. The predicted octanol–water partition coefficient (Wildman–Crippen LogP) is 3.55. The van der Waals surface area contributed by atoms with Crippen LogP contribution in [0.2, 0.25) is 0 Å². The van der Waals surface area contributed by atoms with E-state index in [0.29, 0.717) is 5.92 Å². The van der Waals surface area contributed by atoms with Crippen LogP contribution in [0.15, 0.2) is 18.2 Å². The third-order valence-electron chi connectivity index (χ3n) is 5.68. The van der Waals surface area contributed by atoms with Crippen molar-refractivity contribution in [2.75, 3.05) is 6.61 Å². The molecule has 1 heterocycles. The Bertz CT molecular complexity index is 494. The van der Waals surface area contributed by atoms with Crippen LogP contribution < -0.4 is 11.3 Å². The zero-order valence-electron chi connectivity index (χ0n) is 13.3. The van der Waals surface area contributed by atoms with Crippen LogP contribution in [0.25, 0.3) is 0 Å². The van der Waals surface area contributed by atoms with Crippen LogP contribution in [-0.4, -0.2) is 12.2 Å². The monoisotopic (exact) mass is 288 g/mol. The Morgan fingerprint density at radius 2 is 2.05 bits per heavy atom.